The highest BCUT2D eigenvalue weighted by atomic mass is 32.1. The lowest BCUT2D eigenvalue weighted by molar-refractivity contribution is 0.114. The van der Waals surface area contributed by atoms with Crippen LogP contribution in [-0.2, 0) is 6.54 Å². The molecule has 0 unspecified atom stereocenters. The number of hydrogen-bond donors (Lipinski definition) is 1. The summed E-state index contributed by atoms with van der Waals surface area (Å²) >= 11 is 1.66. The summed E-state index contributed by atoms with van der Waals surface area (Å²) in [5.41, 5.74) is 0.956. The third kappa shape index (κ3) is 3.73. The molecule has 1 aliphatic rings. The minimum absolute atomic E-state index is 0.201. The molecule has 1 N–H and O–H groups in total. The molecule has 0 spiro atoms. The summed E-state index contributed by atoms with van der Waals surface area (Å²) in [5, 5.41) is 15.6. The summed E-state index contributed by atoms with van der Waals surface area (Å²) in [6.45, 7) is 1.68. The van der Waals surface area contributed by atoms with Crippen LogP contribution in [0, 0.1) is 0 Å². The third-order valence-electron chi connectivity index (χ3n) is 4.17. The van der Waals surface area contributed by atoms with Crippen LogP contribution < -0.4 is 0 Å². The van der Waals surface area contributed by atoms with Crippen LogP contribution in [0.25, 0.3) is 10.6 Å². The molecule has 5 heteroatoms. The van der Waals surface area contributed by atoms with E-state index in [0.29, 0.717) is 12.6 Å². The Labute approximate surface area is 129 Å². The van der Waals surface area contributed by atoms with E-state index in [-0.39, 0.29) is 6.61 Å². The Kier molecular flexibility index (Phi) is 5.06. The Morgan fingerprint density at radius 2 is 2.19 bits per heavy atom. The summed E-state index contributed by atoms with van der Waals surface area (Å²) in [7, 11) is 0. The van der Waals surface area contributed by atoms with Crippen molar-refractivity contribution in [1.29, 1.82) is 0 Å². The van der Waals surface area contributed by atoms with E-state index >= 15 is 0 Å². The molecular formula is C16H22N2O2S. The number of aromatic nitrogens is 1. The normalized spacial score (nSPS) is 16.7. The highest BCUT2D eigenvalue weighted by Crippen LogP contribution is 2.27. The van der Waals surface area contributed by atoms with Crippen LogP contribution in [-0.4, -0.2) is 34.4 Å². The van der Waals surface area contributed by atoms with E-state index in [1.165, 1.54) is 32.1 Å². The number of rotatable bonds is 6. The first-order valence-corrected chi connectivity index (χ1v) is 8.59. The van der Waals surface area contributed by atoms with Gasteiger partial charge in [0.15, 0.2) is 5.76 Å². The smallest absolute Gasteiger partial charge is 0.177 e. The maximum atomic E-state index is 9.32. The van der Waals surface area contributed by atoms with Crippen molar-refractivity contribution >= 4 is 11.3 Å². The minimum atomic E-state index is 0.201. The van der Waals surface area contributed by atoms with Crippen molar-refractivity contribution < 1.29 is 9.63 Å². The van der Waals surface area contributed by atoms with Crippen LogP contribution in [0.4, 0.5) is 0 Å². The molecule has 114 valence electrons. The van der Waals surface area contributed by atoms with Gasteiger partial charge in [-0.1, -0.05) is 30.5 Å². The second kappa shape index (κ2) is 7.20. The molecule has 2 aromatic heterocycles. The molecule has 21 heavy (non-hydrogen) atoms. The second-order valence-corrected chi connectivity index (χ2v) is 6.59. The average molecular weight is 306 g/mol. The number of aliphatic hydroxyl groups is 1. The fraction of sp³-hybridized carbons (Fsp3) is 0.562. The highest BCUT2D eigenvalue weighted by molar-refractivity contribution is 7.13. The van der Waals surface area contributed by atoms with Gasteiger partial charge in [0.05, 0.1) is 17.2 Å². The van der Waals surface area contributed by atoms with Gasteiger partial charge in [-0.15, -0.1) is 11.3 Å². The highest BCUT2D eigenvalue weighted by Gasteiger charge is 2.22. The zero-order valence-electron chi connectivity index (χ0n) is 12.2. The van der Waals surface area contributed by atoms with Gasteiger partial charge in [0, 0.05) is 25.2 Å². The predicted molar refractivity (Wildman–Crippen MR) is 84.2 cm³/mol. The first kappa shape index (κ1) is 14.8. The average Bonchev–Trinajstić information content (AvgIpc) is 3.19. The molecular weight excluding hydrogens is 284 g/mol. The van der Waals surface area contributed by atoms with Gasteiger partial charge in [-0.05, 0) is 24.3 Å². The molecule has 0 aliphatic heterocycles. The standard InChI is InChI=1S/C16H22N2O2S/c19-9-8-18(14-5-2-1-3-6-14)12-13-11-15(20-17-13)16-7-4-10-21-16/h4,7,10-11,14,19H,1-3,5-6,8-9,12H2. The summed E-state index contributed by atoms with van der Waals surface area (Å²) < 4.78 is 5.45. The van der Waals surface area contributed by atoms with Gasteiger partial charge in [0.1, 0.15) is 0 Å². The second-order valence-electron chi connectivity index (χ2n) is 5.65. The molecule has 0 atom stereocenters. The number of aliphatic hydroxyl groups excluding tert-OH is 1. The van der Waals surface area contributed by atoms with E-state index in [4.69, 9.17) is 4.52 Å². The van der Waals surface area contributed by atoms with Gasteiger partial charge < -0.3 is 9.63 Å². The van der Waals surface area contributed by atoms with Crippen LogP contribution >= 0.6 is 11.3 Å². The molecule has 0 amide bonds. The molecule has 3 rings (SSSR count). The third-order valence-corrected chi connectivity index (χ3v) is 5.05. The quantitative estimate of drug-likeness (QED) is 0.887. The summed E-state index contributed by atoms with van der Waals surface area (Å²) in [5.74, 6) is 0.840. The lowest BCUT2D eigenvalue weighted by Gasteiger charge is -2.33. The van der Waals surface area contributed by atoms with Crippen molar-refractivity contribution in [2.45, 2.75) is 44.7 Å². The molecule has 2 heterocycles. The number of thiophene rings is 1. The van der Waals surface area contributed by atoms with Crippen LogP contribution in [0.1, 0.15) is 37.8 Å². The Hall–Kier alpha value is -1.17. The molecule has 1 fully saturated rings. The molecule has 0 aromatic carbocycles. The summed E-state index contributed by atoms with van der Waals surface area (Å²) in [6, 6.07) is 6.66. The lowest BCUT2D eigenvalue weighted by atomic mass is 9.94. The van der Waals surface area contributed by atoms with Crippen molar-refractivity contribution in [3.05, 3.63) is 29.3 Å². The molecule has 2 aromatic rings. The van der Waals surface area contributed by atoms with Gasteiger partial charge in [-0.25, -0.2) is 0 Å². The van der Waals surface area contributed by atoms with Crippen molar-refractivity contribution in [2.75, 3.05) is 13.2 Å². The van der Waals surface area contributed by atoms with E-state index in [1.807, 2.05) is 23.6 Å². The SMILES string of the molecule is OCCN(Cc1cc(-c2cccs2)on1)C1CCCCC1. The summed E-state index contributed by atoms with van der Waals surface area (Å²) in [4.78, 5) is 3.47. The lowest BCUT2D eigenvalue weighted by Crippen LogP contribution is -2.38. The van der Waals surface area contributed by atoms with Crippen molar-refractivity contribution in [1.82, 2.24) is 10.1 Å². The van der Waals surface area contributed by atoms with Crippen LogP contribution in [0.3, 0.4) is 0 Å². The van der Waals surface area contributed by atoms with E-state index in [2.05, 4.69) is 10.1 Å². The van der Waals surface area contributed by atoms with Crippen molar-refractivity contribution in [3.63, 3.8) is 0 Å². The largest absolute Gasteiger partial charge is 0.395 e. The molecule has 0 bridgehead atoms. The first-order chi connectivity index (χ1) is 10.4. The molecule has 0 saturated heterocycles. The van der Waals surface area contributed by atoms with Gasteiger partial charge >= 0.3 is 0 Å². The fourth-order valence-corrected chi connectivity index (χ4v) is 3.77. The van der Waals surface area contributed by atoms with Crippen LogP contribution in [0.15, 0.2) is 28.1 Å². The van der Waals surface area contributed by atoms with Crippen molar-refractivity contribution in [2.24, 2.45) is 0 Å². The van der Waals surface area contributed by atoms with Gasteiger partial charge in [-0.3, -0.25) is 4.90 Å². The summed E-state index contributed by atoms with van der Waals surface area (Å²) in [6.07, 6.45) is 6.40. The molecule has 1 saturated carbocycles. The Morgan fingerprint density at radius 1 is 1.33 bits per heavy atom. The van der Waals surface area contributed by atoms with Gasteiger partial charge in [0.25, 0.3) is 0 Å². The zero-order valence-corrected chi connectivity index (χ0v) is 13.0. The zero-order chi connectivity index (χ0) is 14.5. The van der Waals surface area contributed by atoms with E-state index in [9.17, 15) is 5.11 Å². The van der Waals surface area contributed by atoms with E-state index in [1.54, 1.807) is 11.3 Å². The Balaban J connectivity index is 1.67. The maximum absolute atomic E-state index is 9.32. The molecule has 4 nitrogen and oxygen atoms in total. The first-order valence-electron chi connectivity index (χ1n) is 7.71. The van der Waals surface area contributed by atoms with E-state index < -0.39 is 0 Å². The Morgan fingerprint density at radius 3 is 2.90 bits per heavy atom. The van der Waals surface area contributed by atoms with Crippen molar-refractivity contribution in [3.8, 4) is 10.6 Å². The van der Waals surface area contributed by atoms with Crippen LogP contribution in [0.5, 0.6) is 0 Å². The maximum Gasteiger partial charge on any atom is 0.177 e. The van der Waals surface area contributed by atoms with Crippen LogP contribution in [0.2, 0.25) is 0 Å². The number of nitrogens with zero attached hydrogens (tertiary/aromatic N) is 2. The van der Waals surface area contributed by atoms with Gasteiger partial charge in [0.2, 0.25) is 0 Å². The molecule has 1 aliphatic carbocycles. The topological polar surface area (TPSA) is 49.5 Å². The molecule has 0 radical (unpaired) electrons. The monoisotopic (exact) mass is 306 g/mol. The minimum Gasteiger partial charge on any atom is -0.395 e. The van der Waals surface area contributed by atoms with Gasteiger partial charge in [-0.2, -0.15) is 0 Å². The predicted octanol–water partition coefficient (Wildman–Crippen LogP) is 3.53. The Bertz CT molecular complexity index is 532. The fourth-order valence-electron chi connectivity index (χ4n) is 3.09. The number of hydrogen-bond acceptors (Lipinski definition) is 5. The van der Waals surface area contributed by atoms with E-state index in [0.717, 1.165) is 22.9 Å².